The molecule has 0 fully saturated rings. The molecule has 0 aliphatic rings. The lowest BCUT2D eigenvalue weighted by Gasteiger charge is -2.18. The molecule has 3 amide bonds. The first-order valence-corrected chi connectivity index (χ1v) is 20.8. The Bertz CT molecular complexity index is 3610. The number of ether oxygens (including phenoxy) is 9. The van der Waals surface area contributed by atoms with Crippen molar-refractivity contribution in [3.63, 3.8) is 0 Å². The van der Waals surface area contributed by atoms with Crippen LogP contribution in [0.1, 0.15) is 61.0 Å². The number of benzene rings is 4. The number of esters is 1. The zero-order valence-corrected chi connectivity index (χ0v) is 39.8. The average Bonchev–Trinajstić information content (AvgIpc) is 1.22. The molecular weight excluding hydrogens is 1150 g/mol. The second-order valence-electron chi connectivity index (χ2n) is 15.0. The van der Waals surface area contributed by atoms with Crippen molar-refractivity contribution in [1.29, 1.82) is 0 Å². The Morgan fingerprint density at radius 1 is 0.494 bits per heavy atom. The van der Waals surface area contributed by atoms with E-state index in [1.807, 2.05) is 0 Å². The molecule has 18 nitrogen and oxygen atoms in total. The molecule has 34 heteroatoms. The van der Waals surface area contributed by atoms with Crippen LogP contribution >= 0.6 is 0 Å². The van der Waals surface area contributed by atoms with Gasteiger partial charge in [0.1, 0.15) is 34.0 Å². The van der Waals surface area contributed by atoms with Gasteiger partial charge in [0.2, 0.25) is 23.1 Å². The predicted octanol–water partition coefficient (Wildman–Crippen LogP) is 11.9. The van der Waals surface area contributed by atoms with Crippen molar-refractivity contribution in [2.45, 2.75) is 39.3 Å². The van der Waals surface area contributed by atoms with Gasteiger partial charge in [-0.25, -0.2) is 18.6 Å². The van der Waals surface area contributed by atoms with Crippen LogP contribution in [-0.4, -0.2) is 80.3 Å². The Hall–Kier alpha value is -9.66. The van der Waals surface area contributed by atoms with E-state index in [9.17, 15) is 80.6 Å². The summed E-state index contributed by atoms with van der Waals surface area (Å²) < 4.78 is 295. The molecule has 2 aromatic heterocycles. The number of nitrogens with one attached hydrogen (secondary N) is 2. The Morgan fingerprint density at radius 2 is 0.802 bits per heavy atom. The lowest BCUT2D eigenvalue weighted by molar-refractivity contribution is -0.276. The highest BCUT2D eigenvalue weighted by atomic mass is 19.4. The van der Waals surface area contributed by atoms with Crippen molar-refractivity contribution in [2.24, 2.45) is 5.73 Å². The molecule has 0 spiro atoms. The van der Waals surface area contributed by atoms with Gasteiger partial charge in [-0.15, -0.1) is 52.7 Å². The summed E-state index contributed by atoms with van der Waals surface area (Å²) in [7, 11) is -6.01. The SMILES string of the molecule is [2H]C([2H])([2H])Oc1c(Oc2ccc(OC(F)(F)F)c(F)c2C(=O)Nc2cc(C(=O)OC)ncc2C)ccc(OC(F)(F)F)c1F.[2H]C([2H])([2H])Oc1c(Oc2ccc(OC(F)(F)F)c(F)c2C(=O)Nc2cc(C(N)=O)ncc2C)ccc(OC(F)(F)F)c1F. The normalized spacial score (nSPS) is 12.9. The van der Waals surface area contributed by atoms with Crippen LogP contribution in [0.15, 0.2) is 73.1 Å². The Labute approximate surface area is 449 Å². The van der Waals surface area contributed by atoms with Gasteiger partial charge in [-0.1, -0.05) is 0 Å². The summed E-state index contributed by atoms with van der Waals surface area (Å²) in [6.45, 7) is 2.72. The number of primary amides is 1. The van der Waals surface area contributed by atoms with E-state index in [0.29, 0.717) is 48.5 Å². The van der Waals surface area contributed by atoms with Crippen molar-refractivity contribution >= 4 is 35.1 Å². The maximum Gasteiger partial charge on any atom is 0.573 e. The molecule has 2 heterocycles. The topological polar surface area (TPSA) is 227 Å². The number of rotatable bonds is 16. The van der Waals surface area contributed by atoms with Crippen LogP contribution in [0.5, 0.6) is 57.5 Å². The minimum atomic E-state index is -5.45. The molecule has 0 aliphatic heterocycles. The van der Waals surface area contributed by atoms with Gasteiger partial charge in [0.15, 0.2) is 46.1 Å². The molecule has 0 radical (unpaired) electrons. The summed E-state index contributed by atoms with van der Waals surface area (Å²) in [5.41, 5.74) is 1.57. The van der Waals surface area contributed by atoms with Crippen LogP contribution < -0.4 is 54.3 Å². The number of carbonyl (C=O) groups is 4. The first-order valence-electron chi connectivity index (χ1n) is 23.8. The van der Waals surface area contributed by atoms with Crippen LogP contribution in [0.3, 0.4) is 0 Å². The van der Waals surface area contributed by atoms with E-state index in [1.165, 1.54) is 13.8 Å². The Kier molecular flexibility index (Phi) is 16.2. The number of hydrogen-bond donors (Lipinski definition) is 3. The van der Waals surface area contributed by atoms with E-state index in [2.05, 4.69) is 53.8 Å². The van der Waals surface area contributed by atoms with Crippen molar-refractivity contribution in [3.05, 3.63) is 130 Å². The zero-order chi connectivity index (χ0) is 65.7. The van der Waals surface area contributed by atoms with Crippen LogP contribution in [-0.2, 0) is 4.74 Å². The standard InChI is InChI=1S/C24H16F8N2O7.C23H15F8N3O6/c1-10-9-33-12(22(36)38-3)8-11(10)34-21(35)17-13(4-5-14(18(17)25)40-23(27,28)29)39-16-7-6-15(41-24(30,31)32)19(26)20(16)37-2;1-9-8-33-11(20(32)35)7-10(9)34-21(36)16-12(3-4-13(17(16)24)39-22(26,27)28)38-15-6-5-14(40-23(29,30)31)18(25)19(15)37-2/h4-9H,1-3H3,(H,33,34,35);3-8H,1-2H3,(H2,32,35)(H,33,34,36)/i2*2D3. The van der Waals surface area contributed by atoms with Crippen LogP contribution in [0.2, 0.25) is 0 Å². The van der Waals surface area contributed by atoms with Crippen molar-refractivity contribution in [2.75, 3.05) is 31.8 Å². The number of carbonyl (C=O) groups excluding carboxylic acids is 4. The molecule has 4 aromatic carbocycles. The van der Waals surface area contributed by atoms with Crippen LogP contribution in [0.25, 0.3) is 0 Å². The second kappa shape index (κ2) is 24.6. The number of nitrogens with zero attached hydrogens (tertiary/aromatic N) is 2. The summed E-state index contributed by atoms with van der Waals surface area (Å²) in [5.74, 6) is -26.7. The first kappa shape index (κ1) is 53.3. The number of aryl methyl sites for hydroxylation is 2. The molecule has 0 aliphatic carbocycles. The Morgan fingerprint density at radius 3 is 1.12 bits per heavy atom. The summed E-state index contributed by atoms with van der Waals surface area (Å²) >= 11 is 0. The number of hydrogen-bond acceptors (Lipinski definition) is 15. The maximum absolute atomic E-state index is 15.4. The number of halogens is 16. The lowest BCUT2D eigenvalue weighted by Crippen LogP contribution is -2.21. The molecule has 6 rings (SSSR count). The lowest BCUT2D eigenvalue weighted by atomic mass is 10.1. The molecule has 81 heavy (non-hydrogen) atoms. The molecule has 0 bridgehead atoms. The minimum absolute atomic E-state index is 0.152. The van der Waals surface area contributed by atoms with Crippen LogP contribution in [0.4, 0.5) is 81.6 Å². The molecule has 0 saturated heterocycles. The van der Waals surface area contributed by atoms with Gasteiger partial charge in [-0.3, -0.25) is 19.4 Å². The average molecular weight is 1180 g/mol. The van der Waals surface area contributed by atoms with Gasteiger partial charge in [0.25, 0.3) is 17.7 Å². The first-order chi connectivity index (χ1) is 39.8. The van der Waals surface area contributed by atoms with Crippen molar-refractivity contribution < 1.29 is 140 Å². The highest BCUT2D eigenvalue weighted by Gasteiger charge is 2.38. The van der Waals surface area contributed by atoms with Crippen LogP contribution in [0, 0.1) is 37.1 Å². The molecule has 0 unspecified atom stereocenters. The molecule has 6 aromatic rings. The predicted molar refractivity (Wildman–Crippen MR) is 239 cm³/mol. The number of pyridine rings is 2. The third-order valence-electron chi connectivity index (χ3n) is 9.54. The van der Waals surface area contributed by atoms with E-state index in [4.69, 9.17) is 23.4 Å². The van der Waals surface area contributed by atoms with E-state index in [0.717, 1.165) is 31.6 Å². The molecular formula is C47H31F16N5O13. The third-order valence-corrected chi connectivity index (χ3v) is 9.54. The number of alkyl halides is 12. The fourth-order valence-corrected chi connectivity index (χ4v) is 6.15. The van der Waals surface area contributed by atoms with Gasteiger partial charge >= 0.3 is 31.4 Å². The van der Waals surface area contributed by atoms with Gasteiger partial charge in [0.05, 0.1) is 29.4 Å². The molecule has 0 saturated carbocycles. The van der Waals surface area contributed by atoms with Gasteiger partial charge in [-0.2, -0.15) is 8.78 Å². The monoisotopic (exact) mass is 1180 g/mol. The number of amides is 3. The Balaban J connectivity index is 0.000000317. The fourth-order valence-electron chi connectivity index (χ4n) is 6.15. The number of anilines is 2. The van der Waals surface area contributed by atoms with Gasteiger partial charge in [0, 0.05) is 23.8 Å². The molecule has 434 valence electrons. The van der Waals surface area contributed by atoms with Gasteiger partial charge in [-0.05, 0) is 85.6 Å². The minimum Gasteiger partial charge on any atom is -0.490 e. The van der Waals surface area contributed by atoms with Crippen molar-refractivity contribution in [1.82, 2.24) is 9.97 Å². The van der Waals surface area contributed by atoms with Crippen molar-refractivity contribution in [3.8, 4) is 57.5 Å². The highest BCUT2D eigenvalue weighted by molar-refractivity contribution is 6.08. The fraction of sp³-hybridized carbons (Fsp3) is 0.191. The summed E-state index contributed by atoms with van der Waals surface area (Å²) in [6, 6.07) is 5.23. The van der Waals surface area contributed by atoms with E-state index < -0.39 is 155 Å². The van der Waals surface area contributed by atoms with E-state index >= 15 is 8.78 Å². The largest absolute Gasteiger partial charge is 0.573 e. The van der Waals surface area contributed by atoms with Gasteiger partial charge < -0.3 is 59.0 Å². The summed E-state index contributed by atoms with van der Waals surface area (Å²) in [5, 5.41) is 4.21. The zero-order valence-electron chi connectivity index (χ0n) is 45.8. The number of nitrogens with two attached hydrogens (primary N) is 1. The maximum atomic E-state index is 15.4. The summed E-state index contributed by atoms with van der Waals surface area (Å²) in [6.07, 6.45) is -19.6. The quantitative estimate of drug-likeness (QED) is 0.0605. The van der Waals surface area contributed by atoms with E-state index in [-0.39, 0.29) is 33.9 Å². The molecule has 4 N–H and O–H groups in total. The highest BCUT2D eigenvalue weighted by Crippen LogP contribution is 2.45. The molecule has 0 atom stereocenters. The second-order valence-corrected chi connectivity index (χ2v) is 15.0. The third kappa shape index (κ3) is 16.2. The smallest absolute Gasteiger partial charge is 0.490 e. The van der Waals surface area contributed by atoms with E-state index in [1.54, 1.807) is 0 Å². The number of aromatic nitrogens is 2. The number of methoxy groups -OCH3 is 3. The summed E-state index contributed by atoms with van der Waals surface area (Å²) in [4.78, 5) is 57.1.